The SMILES string of the molecule is C=CC(CCC1CCC(C)C1)CCC1CCC(CC)C1. The molecule has 0 nitrogen and oxygen atoms in total. The van der Waals surface area contributed by atoms with Crippen molar-refractivity contribution in [3.63, 3.8) is 0 Å². The molecule has 0 radical (unpaired) electrons. The third-order valence-corrected chi connectivity index (χ3v) is 6.26. The Kier molecular flexibility index (Phi) is 6.65. The topological polar surface area (TPSA) is 0 Å². The third kappa shape index (κ3) is 4.93. The van der Waals surface area contributed by atoms with E-state index in [1.165, 1.54) is 70.6 Å². The molecule has 5 unspecified atom stereocenters. The van der Waals surface area contributed by atoms with E-state index in [4.69, 9.17) is 0 Å². The maximum Gasteiger partial charge on any atom is -0.0236 e. The minimum Gasteiger partial charge on any atom is -0.103 e. The van der Waals surface area contributed by atoms with Crippen LogP contribution >= 0.6 is 0 Å². The van der Waals surface area contributed by atoms with Gasteiger partial charge in [-0.1, -0.05) is 52.0 Å². The molecule has 2 aliphatic carbocycles. The van der Waals surface area contributed by atoms with E-state index in [0.29, 0.717) is 0 Å². The van der Waals surface area contributed by atoms with Crippen LogP contribution in [0, 0.1) is 29.6 Å². The van der Waals surface area contributed by atoms with Gasteiger partial charge in [0.25, 0.3) is 0 Å². The first kappa shape index (κ1) is 16.1. The van der Waals surface area contributed by atoms with Crippen LogP contribution in [0.15, 0.2) is 12.7 Å². The molecule has 0 bridgehead atoms. The van der Waals surface area contributed by atoms with E-state index < -0.39 is 0 Å². The van der Waals surface area contributed by atoms with E-state index in [2.05, 4.69) is 26.5 Å². The summed E-state index contributed by atoms with van der Waals surface area (Å²) < 4.78 is 0. The molecule has 0 heterocycles. The van der Waals surface area contributed by atoms with Gasteiger partial charge < -0.3 is 0 Å². The molecule has 116 valence electrons. The van der Waals surface area contributed by atoms with Gasteiger partial charge >= 0.3 is 0 Å². The first-order valence-corrected chi connectivity index (χ1v) is 9.33. The lowest BCUT2D eigenvalue weighted by Gasteiger charge is -2.18. The molecular weight excluding hydrogens is 240 g/mol. The van der Waals surface area contributed by atoms with Gasteiger partial charge in [0.15, 0.2) is 0 Å². The van der Waals surface area contributed by atoms with Crippen LogP contribution in [-0.2, 0) is 0 Å². The lowest BCUT2D eigenvalue weighted by atomic mass is 9.88. The van der Waals surface area contributed by atoms with E-state index in [1.807, 2.05) is 0 Å². The van der Waals surface area contributed by atoms with Crippen LogP contribution < -0.4 is 0 Å². The molecule has 5 atom stereocenters. The molecule has 2 fully saturated rings. The second-order valence-electron chi connectivity index (χ2n) is 7.89. The second-order valence-corrected chi connectivity index (χ2v) is 7.89. The van der Waals surface area contributed by atoms with Crippen molar-refractivity contribution < 1.29 is 0 Å². The average molecular weight is 277 g/mol. The van der Waals surface area contributed by atoms with Crippen molar-refractivity contribution in [3.05, 3.63) is 12.7 Å². The van der Waals surface area contributed by atoms with Crippen LogP contribution in [0.25, 0.3) is 0 Å². The van der Waals surface area contributed by atoms with Crippen molar-refractivity contribution in [1.29, 1.82) is 0 Å². The van der Waals surface area contributed by atoms with E-state index in [-0.39, 0.29) is 0 Å². The lowest BCUT2D eigenvalue weighted by molar-refractivity contribution is 0.374. The van der Waals surface area contributed by atoms with Crippen LogP contribution in [0.2, 0.25) is 0 Å². The smallest absolute Gasteiger partial charge is 0.0236 e. The van der Waals surface area contributed by atoms with Crippen molar-refractivity contribution in [2.45, 2.75) is 84.5 Å². The zero-order valence-corrected chi connectivity index (χ0v) is 13.9. The van der Waals surface area contributed by atoms with Gasteiger partial charge in [0.2, 0.25) is 0 Å². The zero-order chi connectivity index (χ0) is 14.4. The molecular formula is C20H36. The van der Waals surface area contributed by atoms with Crippen LogP contribution in [0.5, 0.6) is 0 Å². The lowest BCUT2D eigenvalue weighted by Crippen LogP contribution is -2.05. The fraction of sp³-hybridized carbons (Fsp3) is 0.900. The highest BCUT2D eigenvalue weighted by molar-refractivity contribution is 4.83. The minimum absolute atomic E-state index is 0.798. The zero-order valence-electron chi connectivity index (χ0n) is 13.9. The van der Waals surface area contributed by atoms with Gasteiger partial charge in [0, 0.05) is 0 Å². The van der Waals surface area contributed by atoms with E-state index in [9.17, 15) is 0 Å². The highest BCUT2D eigenvalue weighted by Gasteiger charge is 2.24. The van der Waals surface area contributed by atoms with Gasteiger partial charge in [-0.2, -0.15) is 0 Å². The Balaban J connectivity index is 1.61. The molecule has 0 heteroatoms. The number of hydrogen-bond donors (Lipinski definition) is 0. The molecule has 0 aromatic rings. The van der Waals surface area contributed by atoms with Gasteiger partial charge in [0.05, 0.1) is 0 Å². The predicted molar refractivity (Wildman–Crippen MR) is 89.8 cm³/mol. The molecule has 0 aliphatic heterocycles. The van der Waals surface area contributed by atoms with Gasteiger partial charge in [0.1, 0.15) is 0 Å². The summed E-state index contributed by atoms with van der Waals surface area (Å²) in [7, 11) is 0. The van der Waals surface area contributed by atoms with E-state index in [0.717, 1.165) is 29.6 Å². The summed E-state index contributed by atoms with van der Waals surface area (Å²) in [5.74, 6) is 4.90. The summed E-state index contributed by atoms with van der Waals surface area (Å²) in [5, 5.41) is 0. The number of rotatable bonds is 8. The molecule has 0 aromatic heterocycles. The van der Waals surface area contributed by atoms with Gasteiger partial charge in [-0.25, -0.2) is 0 Å². The molecule has 2 rings (SSSR count). The monoisotopic (exact) mass is 276 g/mol. The standard InChI is InChI=1S/C20H36/c1-4-17(8-11-19-7-6-16(3)14-19)9-12-20-13-10-18(5-2)15-20/h4,16-20H,1,5-15H2,2-3H3. The molecule has 0 aromatic carbocycles. The molecule has 2 saturated carbocycles. The molecule has 2 aliphatic rings. The molecule has 20 heavy (non-hydrogen) atoms. The Morgan fingerprint density at radius 2 is 1.55 bits per heavy atom. The van der Waals surface area contributed by atoms with Crippen molar-refractivity contribution in [3.8, 4) is 0 Å². The summed E-state index contributed by atoms with van der Waals surface area (Å²) in [4.78, 5) is 0. The quantitative estimate of drug-likeness (QED) is 0.437. The van der Waals surface area contributed by atoms with Crippen LogP contribution in [0.1, 0.15) is 84.5 Å². The Bertz CT molecular complexity index is 280. The van der Waals surface area contributed by atoms with Crippen LogP contribution in [-0.4, -0.2) is 0 Å². The fourth-order valence-corrected chi connectivity index (χ4v) is 4.68. The molecule has 0 spiro atoms. The van der Waals surface area contributed by atoms with E-state index in [1.54, 1.807) is 0 Å². The maximum atomic E-state index is 4.10. The van der Waals surface area contributed by atoms with Crippen molar-refractivity contribution in [2.75, 3.05) is 0 Å². The summed E-state index contributed by atoms with van der Waals surface area (Å²) in [6.45, 7) is 8.89. The Hall–Kier alpha value is -0.260. The molecule has 0 amide bonds. The summed E-state index contributed by atoms with van der Waals surface area (Å²) in [6, 6.07) is 0. The van der Waals surface area contributed by atoms with Gasteiger partial charge in [-0.15, -0.1) is 6.58 Å². The summed E-state index contributed by atoms with van der Waals surface area (Å²) >= 11 is 0. The highest BCUT2D eigenvalue weighted by Crippen LogP contribution is 2.38. The minimum atomic E-state index is 0.798. The fourth-order valence-electron chi connectivity index (χ4n) is 4.68. The van der Waals surface area contributed by atoms with Crippen molar-refractivity contribution in [1.82, 2.24) is 0 Å². The first-order chi connectivity index (χ1) is 9.71. The number of hydrogen-bond acceptors (Lipinski definition) is 0. The normalized spacial score (nSPS) is 35.3. The van der Waals surface area contributed by atoms with Gasteiger partial charge in [-0.05, 0) is 68.1 Å². The third-order valence-electron chi connectivity index (χ3n) is 6.26. The highest BCUT2D eigenvalue weighted by atomic mass is 14.3. The predicted octanol–water partition coefficient (Wildman–Crippen LogP) is 6.61. The largest absolute Gasteiger partial charge is 0.103 e. The van der Waals surface area contributed by atoms with Crippen LogP contribution in [0.3, 0.4) is 0 Å². The summed E-state index contributed by atoms with van der Waals surface area (Å²) in [5.41, 5.74) is 0. The summed E-state index contributed by atoms with van der Waals surface area (Å²) in [6.07, 6.45) is 18.4. The Morgan fingerprint density at radius 1 is 0.950 bits per heavy atom. The van der Waals surface area contributed by atoms with E-state index >= 15 is 0 Å². The Labute approximate surface area is 127 Å². The van der Waals surface area contributed by atoms with Gasteiger partial charge in [-0.3, -0.25) is 0 Å². The van der Waals surface area contributed by atoms with Crippen molar-refractivity contribution >= 4 is 0 Å². The molecule has 0 N–H and O–H groups in total. The average Bonchev–Trinajstić information content (AvgIpc) is 3.08. The van der Waals surface area contributed by atoms with Crippen LogP contribution in [0.4, 0.5) is 0 Å². The van der Waals surface area contributed by atoms with Crippen molar-refractivity contribution in [2.24, 2.45) is 29.6 Å². The number of allylic oxidation sites excluding steroid dienone is 1. The maximum absolute atomic E-state index is 4.10. The molecule has 0 saturated heterocycles. The Morgan fingerprint density at radius 3 is 2.05 bits per heavy atom. The second kappa shape index (κ2) is 8.25. The first-order valence-electron chi connectivity index (χ1n) is 9.33.